The lowest BCUT2D eigenvalue weighted by atomic mass is 9.87. The van der Waals surface area contributed by atoms with Crippen molar-refractivity contribution >= 4 is 68.2 Å². The van der Waals surface area contributed by atoms with Crippen LogP contribution in [0.2, 0.25) is 10.3 Å². The summed E-state index contributed by atoms with van der Waals surface area (Å²) < 4.78 is 3.11. The van der Waals surface area contributed by atoms with Crippen molar-refractivity contribution in [2.24, 2.45) is 10.8 Å². The number of hydrogen-bond acceptors (Lipinski definition) is 6. The van der Waals surface area contributed by atoms with Gasteiger partial charge in [0, 0.05) is 41.7 Å². The van der Waals surface area contributed by atoms with Gasteiger partial charge in [0.25, 0.3) is 0 Å². The zero-order valence-electron chi connectivity index (χ0n) is 35.6. The molecule has 312 valence electrons. The fourth-order valence-electron chi connectivity index (χ4n) is 4.13. The van der Waals surface area contributed by atoms with Crippen LogP contribution in [-0.2, 0) is 14.4 Å². The van der Waals surface area contributed by atoms with E-state index in [-0.39, 0.29) is 40.8 Å². The summed E-state index contributed by atoms with van der Waals surface area (Å²) in [4.78, 5) is 39.0. The van der Waals surface area contributed by atoms with Gasteiger partial charge in [-0.15, -0.1) is 22.2 Å². The van der Waals surface area contributed by atoms with Gasteiger partial charge in [-0.3, -0.25) is 14.4 Å². The van der Waals surface area contributed by atoms with E-state index in [1.54, 1.807) is 29.3 Å². The van der Waals surface area contributed by atoms with E-state index >= 15 is 0 Å². The highest BCUT2D eigenvalue weighted by Gasteiger charge is 2.29. The number of aromatic nitrogens is 1. The van der Waals surface area contributed by atoms with Gasteiger partial charge >= 0.3 is 0 Å². The smallest absolute Gasteiger partial charge is 0.242 e. The van der Waals surface area contributed by atoms with Crippen LogP contribution < -0.4 is 20.7 Å². The molecular weight excluding hydrogens is 751 g/mol. The van der Waals surface area contributed by atoms with Crippen LogP contribution in [0.3, 0.4) is 0 Å². The van der Waals surface area contributed by atoms with Crippen LogP contribution in [0, 0.1) is 23.7 Å². The number of nitrogens with zero attached hydrogens (tertiary/aromatic N) is 2. The second kappa shape index (κ2) is 27.9. The molecule has 0 spiro atoms. The molecule has 1 saturated heterocycles. The van der Waals surface area contributed by atoms with Crippen molar-refractivity contribution in [3.8, 4) is 12.8 Å². The second-order valence-corrected chi connectivity index (χ2v) is 19.5. The second-order valence-electron chi connectivity index (χ2n) is 16.0. The number of hydrogen-bond donors (Lipinski definition) is 4. The van der Waals surface area contributed by atoms with E-state index in [1.807, 2.05) is 27.7 Å². The van der Waals surface area contributed by atoms with Gasteiger partial charge in [0.2, 0.25) is 18.2 Å². The summed E-state index contributed by atoms with van der Waals surface area (Å²) in [6.07, 6.45) is 17.1. The summed E-state index contributed by atoms with van der Waals surface area (Å²) in [6, 6.07) is 3.49. The fourth-order valence-corrected chi connectivity index (χ4v) is 6.16. The first-order valence-electron chi connectivity index (χ1n) is 18.2. The van der Waals surface area contributed by atoms with Crippen molar-refractivity contribution in [3.05, 3.63) is 72.3 Å². The van der Waals surface area contributed by atoms with Gasteiger partial charge in [-0.25, -0.2) is 4.98 Å². The van der Waals surface area contributed by atoms with E-state index in [4.69, 9.17) is 23.2 Å². The van der Waals surface area contributed by atoms with E-state index < -0.39 is 9.39 Å². The number of likely N-dealkylation sites (tertiary alicyclic amines) is 1. The van der Waals surface area contributed by atoms with Crippen LogP contribution in [0.15, 0.2) is 62.0 Å². The molecule has 1 saturated carbocycles. The number of allylic oxidation sites excluding steroid dienone is 3. The zero-order chi connectivity index (χ0) is 43.7. The molecule has 9 nitrogen and oxygen atoms in total. The number of pyridine rings is 1. The quantitative estimate of drug-likeness (QED) is 0.0581. The monoisotopic (exact) mass is 822 g/mol. The molecule has 3 rings (SSSR count). The predicted molar refractivity (Wildman–Crippen MR) is 246 cm³/mol. The molecule has 12 heteroatoms. The van der Waals surface area contributed by atoms with Gasteiger partial charge in [0.15, 0.2) is 0 Å². The number of terminal acetylenes is 1. The summed E-state index contributed by atoms with van der Waals surface area (Å²) in [6.45, 7) is 37.3. The highest BCUT2D eigenvalue weighted by atomic mass is 35.5. The lowest BCUT2D eigenvalue weighted by Crippen LogP contribution is -2.44. The Labute approximate surface area is 345 Å². The number of rotatable bonds is 11. The predicted octanol–water partition coefficient (Wildman–Crippen LogP) is 9.90. The van der Waals surface area contributed by atoms with Crippen LogP contribution in [0.4, 0.5) is 5.69 Å². The molecule has 2 atom stereocenters. The summed E-state index contributed by atoms with van der Waals surface area (Å²) in [7, 11) is -1.01. The molecule has 3 amide bonds. The first-order valence-corrected chi connectivity index (χ1v) is 21.0. The van der Waals surface area contributed by atoms with Gasteiger partial charge < -0.3 is 25.6 Å². The molecule has 4 N–H and O–H groups in total. The Hall–Kier alpha value is -3.65. The highest BCUT2D eigenvalue weighted by molar-refractivity contribution is 8.26. The molecular formula is C43H72Cl2N6O3S. The van der Waals surface area contributed by atoms with Gasteiger partial charge in [0.1, 0.15) is 16.3 Å². The number of halogens is 2. The van der Waals surface area contributed by atoms with Crippen LogP contribution in [-0.4, -0.2) is 69.8 Å². The van der Waals surface area contributed by atoms with Gasteiger partial charge in [-0.1, -0.05) is 114 Å². The van der Waals surface area contributed by atoms with Crippen LogP contribution in [0.1, 0.15) is 108 Å². The standard InChI is InChI=1S/C12H25NO.C9H16N2O2.C8H8Cl2N2.C7H13NS.C5H8.C2H2/c1-9(12(5,6)7)13-10(14)8-11(2,3)4;1-7(2)10-9(13)8-4-3-5-11(8)6-12;1-5(2)11-6-3-7(9)12-8(10)4-6;1-4-8-9(2,3)7-5-6-7;1-4-5(2)3;1-2/h9H,8H2,1-7H3,(H,13,14);6-8H,3-5H2,1-2H3,(H,10,13);3-4H,1H2,2H3,(H,11,12);4,7-8H,1-3,5-6H2;4H,1-2H2,3H3;1-2H/t;8-;;;;/m.0..../s1. The zero-order valence-corrected chi connectivity index (χ0v) is 37.9. The largest absolute Gasteiger partial charge is 0.360 e. The third kappa shape index (κ3) is 30.3. The SMILES string of the molecule is C#C.C=C(C)Nc1cc(Cl)nc(Cl)c1.C=CC(=C)C.C=CNS(=C)(=C)C1CC1.CC(C)NC(=O)[C@@H]1CCCN1C=O.CC(NC(=O)CC(C)(C)C)C(C)(C)C. The molecule has 0 radical (unpaired) electrons. The third-order valence-electron chi connectivity index (χ3n) is 7.48. The Morgan fingerprint density at radius 3 is 1.82 bits per heavy atom. The first kappa shape index (κ1) is 55.7. The van der Waals surface area contributed by atoms with Crippen LogP contribution in [0.25, 0.3) is 0 Å². The Balaban J connectivity index is -0.000000624. The van der Waals surface area contributed by atoms with Gasteiger partial charge in [0.05, 0.1) is 0 Å². The average molecular weight is 824 g/mol. The molecule has 1 aliphatic carbocycles. The number of nitrogens with one attached hydrogen (secondary N) is 4. The maximum atomic E-state index is 11.6. The molecule has 2 fully saturated rings. The van der Waals surface area contributed by atoms with Gasteiger partial charge in [-0.05, 0) is 89.5 Å². The summed E-state index contributed by atoms with van der Waals surface area (Å²) in [5, 5.41) is 10.3. The normalized spacial score (nSPS) is 14.9. The van der Waals surface area contributed by atoms with E-state index in [0.29, 0.717) is 23.3 Å². The Bertz CT molecular complexity index is 1480. The average Bonchev–Trinajstić information content (AvgIpc) is 3.79. The summed E-state index contributed by atoms with van der Waals surface area (Å²) in [5.74, 6) is 8.15. The molecule has 55 heavy (non-hydrogen) atoms. The Kier molecular flexibility index (Phi) is 28.2. The van der Waals surface area contributed by atoms with Crippen molar-refractivity contribution in [2.45, 2.75) is 132 Å². The molecule has 0 bridgehead atoms. The number of amides is 3. The maximum absolute atomic E-state index is 11.6. The molecule has 1 aromatic heterocycles. The Morgan fingerprint density at radius 2 is 1.47 bits per heavy atom. The molecule has 0 aromatic carbocycles. The highest BCUT2D eigenvalue weighted by Crippen LogP contribution is 2.40. The van der Waals surface area contributed by atoms with Crippen molar-refractivity contribution in [1.29, 1.82) is 0 Å². The molecule has 1 aromatic rings. The maximum Gasteiger partial charge on any atom is 0.242 e. The lowest BCUT2D eigenvalue weighted by Gasteiger charge is -2.29. The fraction of sp³-hybridized carbons (Fsp3) is 0.535. The molecule has 2 heterocycles. The number of carbonyl (C=O) groups is 3. The van der Waals surface area contributed by atoms with Crippen molar-refractivity contribution in [2.75, 3.05) is 11.9 Å². The van der Waals surface area contributed by atoms with E-state index in [2.05, 4.69) is 125 Å². The van der Waals surface area contributed by atoms with Crippen LogP contribution in [0.5, 0.6) is 0 Å². The van der Waals surface area contributed by atoms with Crippen molar-refractivity contribution in [3.63, 3.8) is 0 Å². The molecule has 2 aliphatic rings. The van der Waals surface area contributed by atoms with Crippen molar-refractivity contribution in [1.82, 2.24) is 25.2 Å². The topological polar surface area (TPSA) is 115 Å². The molecule has 1 unspecified atom stereocenters. The van der Waals surface area contributed by atoms with E-state index in [0.717, 1.165) is 41.5 Å². The van der Waals surface area contributed by atoms with Crippen LogP contribution >= 0.6 is 32.6 Å². The minimum atomic E-state index is -1.01. The Morgan fingerprint density at radius 1 is 0.982 bits per heavy atom. The van der Waals surface area contributed by atoms with E-state index in [9.17, 15) is 14.4 Å². The van der Waals surface area contributed by atoms with Crippen molar-refractivity contribution < 1.29 is 14.4 Å². The minimum absolute atomic E-state index is 0.0281. The number of anilines is 1. The minimum Gasteiger partial charge on any atom is -0.360 e. The lowest BCUT2D eigenvalue weighted by molar-refractivity contribution is -0.131. The summed E-state index contributed by atoms with van der Waals surface area (Å²) in [5.41, 5.74) is 2.85. The third-order valence-corrected chi connectivity index (χ3v) is 10.3. The number of carbonyl (C=O) groups excluding carboxylic acids is 3. The molecule has 1 aliphatic heterocycles. The van der Waals surface area contributed by atoms with E-state index in [1.165, 1.54) is 12.8 Å². The summed E-state index contributed by atoms with van der Waals surface area (Å²) >= 11 is 11.3. The first-order chi connectivity index (χ1) is 25.2. The van der Waals surface area contributed by atoms with Gasteiger partial charge in [-0.2, -0.15) is 0 Å².